The Bertz CT molecular complexity index is 351. The zero-order valence-corrected chi connectivity index (χ0v) is 10.5. The van der Waals surface area contributed by atoms with Gasteiger partial charge in [0.1, 0.15) is 0 Å². The third-order valence-electron chi connectivity index (χ3n) is 1.96. The van der Waals surface area contributed by atoms with E-state index >= 15 is 0 Å². The van der Waals surface area contributed by atoms with Crippen LogP contribution in [0.5, 0.6) is 0 Å². The van der Waals surface area contributed by atoms with E-state index in [9.17, 15) is 0 Å². The molecule has 0 amide bonds. The number of hydrogen-bond donors (Lipinski definition) is 1. The first-order valence-corrected chi connectivity index (χ1v) is 5.58. The fourth-order valence-electron chi connectivity index (χ4n) is 1.12. The van der Waals surface area contributed by atoms with Crippen LogP contribution in [0.3, 0.4) is 0 Å². The minimum Gasteiger partial charge on any atom is -0.324 e. The molecule has 0 saturated carbocycles. The lowest BCUT2D eigenvalue weighted by molar-refractivity contribution is 0.699. The maximum absolute atomic E-state index is 6.00. The molecule has 2 N–H and O–H groups in total. The number of halogens is 4. The molecule has 0 fully saturated rings. The largest absolute Gasteiger partial charge is 0.324 e. The Morgan fingerprint density at radius 2 is 1.71 bits per heavy atom. The molecule has 0 aliphatic rings. The minimum atomic E-state index is -0.218. The highest BCUT2D eigenvalue weighted by Crippen LogP contribution is 2.40. The first kappa shape index (κ1) is 12.4. The van der Waals surface area contributed by atoms with Gasteiger partial charge in [0.15, 0.2) is 0 Å². The molecule has 0 radical (unpaired) electrons. The molecule has 0 spiro atoms. The monoisotopic (exact) mass is 271 g/mol. The summed E-state index contributed by atoms with van der Waals surface area (Å²) >= 11 is 23.6. The molecule has 1 rings (SSSR count). The number of benzene rings is 1. The number of rotatable bonds is 2. The van der Waals surface area contributed by atoms with E-state index in [0.29, 0.717) is 25.7 Å². The molecule has 0 heterocycles. The Morgan fingerprint density at radius 1 is 1.14 bits per heavy atom. The first-order valence-electron chi connectivity index (χ1n) is 4.07. The lowest BCUT2D eigenvalue weighted by Crippen LogP contribution is -2.10. The Hall–Kier alpha value is 0.340. The molecule has 0 saturated heterocycles. The molecule has 1 atom stereocenters. The van der Waals surface area contributed by atoms with Crippen molar-refractivity contribution in [1.82, 2.24) is 0 Å². The van der Waals surface area contributed by atoms with Crippen LogP contribution in [-0.2, 0) is 0 Å². The molecule has 5 heteroatoms. The topological polar surface area (TPSA) is 26.0 Å². The van der Waals surface area contributed by atoms with Crippen molar-refractivity contribution >= 4 is 46.4 Å². The van der Waals surface area contributed by atoms with Gasteiger partial charge in [-0.25, -0.2) is 0 Å². The molecule has 0 aliphatic carbocycles. The van der Waals surface area contributed by atoms with E-state index in [4.69, 9.17) is 52.1 Å². The van der Waals surface area contributed by atoms with Crippen LogP contribution in [0.4, 0.5) is 0 Å². The maximum Gasteiger partial charge on any atom is 0.0782 e. The van der Waals surface area contributed by atoms with Crippen molar-refractivity contribution in [2.75, 3.05) is 0 Å². The van der Waals surface area contributed by atoms with Crippen molar-refractivity contribution in [2.45, 2.75) is 19.4 Å². The maximum atomic E-state index is 6.00. The van der Waals surface area contributed by atoms with Crippen molar-refractivity contribution < 1.29 is 0 Å². The Morgan fingerprint density at radius 3 is 2.21 bits per heavy atom. The van der Waals surface area contributed by atoms with E-state index in [-0.39, 0.29) is 6.04 Å². The Kier molecular flexibility index (Phi) is 4.35. The Balaban J connectivity index is 3.36. The van der Waals surface area contributed by atoms with Crippen molar-refractivity contribution in [3.05, 3.63) is 31.7 Å². The molecule has 0 bridgehead atoms. The van der Waals surface area contributed by atoms with E-state index in [1.807, 2.05) is 6.92 Å². The van der Waals surface area contributed by atoms with Crippen LogP contribution in [0.15, 0.2) is 6.07 Å². The van der Waals surface area contributed by atoms with E-state index in [0.717, 1.165) is 6.42 Å². The first-order chi connectivity index (χ1) is 6.49. The molecular formula is C9H9Cl4N. The smallest absolute Gasteiger partial charge is 0.0782 e. The highest BCUT2D eigenvalue weighted by atomic mass is 35.5. The predicted octanol–water partition coefficient (Wildman–Crippen LogP) is 4.71. The molecule has 1 nitrogen and oxygen atoms in total. The molecule has 0 aliphatic heterocycles. The van der Waals surface area contributed by atoms with Crippen LogP contribution in [0.2, 0.25) is 20.1 Å². The molecule has 0 unspecified atom stereocenters. The lowest BCUT2D eigenvalue weighted by atomic mass is 10.1. The third kappa shape index (κ3) is 2.29. The summed E-state index contributed by atoms with van der Waals surface area (Å²) in [6.45, 7) is 1.94. The molecule has 78 valence electrons. The van der Waals surface area contributed by atoms with Gasteiger partial charge in [0.05, 0.1) is 15.1 Å². The quantitative estimate of drug-likeness (QED) is 0.612. The normalized spacial score (nSPS) is 13.0. The second-order valence-electron chi connectivity index (χ2n) is 2.90. The van der Waals surface area contributed by atoms with Crippen LogP contribution < -0.4 is 5.73 Å². The van der Waals surface area contributed by atoms with Gasteiger partial charge in [-0.2, -0.15) is 0 Å². The van der Waals surface area contributed by atoms with Crippen LogP contribution in [0, 0.1) is 0 Å². The van der Waals surface area contributed by atoms with Crippen LogP contribution in [-0.4, -0.2) is 0 Å². The van der Waals surface area contributed by atoms with Crippen molar-refractivity contribution in [3.63, 3.8) is 0 Å². The SMILES string of the molecule is CC[C@H](N)c1c(Cl)cc(Cl)c(Cl)c1Cl. The van der Waals surface area contributed by atoms with Gasteiger partial charge in [0, 0.05) is 16.6 Å². The molecule has 1 aromatic rings. The lowest BCUT2D eigenvalue weighted by Gasteiger charge is -2.15. The average Bonchev–Trinajstić information content (AvgIpc) is 2.14. The zero-order valence-electron chi connectivity index (χ0n) is 7.45. The highest BCUT2D eigenvalue weighted by Gasteiger charge is 2.17. The van der Waals surface area contributed by atoms with Gasteiger partial charge in [-0.3, -0.25) is 0 Å². The van der Waals surface area contributed by atoms with Gasteiger partial charge >= 0.3 is 0 Å². The highest BCUT2D eigenvalue weighted by molar-refractivity contribution is 6.49. The summed E-state index contributed by atoms with van der Waals surface area (Å²) in [7, 11) is 0. The van der Waals surface area contributed by atoms with Crippen LogP contribution in [0.1, 0.15) is 24.9 Å². The van der Waals surface area contributed by atoms with Crippen molar-refractivity contribution in [3.8, 4) is 0 Å². The van der Waals surface area contributed by atoms with E-state index < -0.39 is 0 Å². The second-order valence-corrected chi connectivity index (χ2v) is 4.47. The molecule has 1 aromatic carbocycles. The molecule has 0 aromatic heterocycles. The average molecular weight is 273 g/mol. The summed E-state index contributed by atoms with van der Waals surface area (Å²) < 4.78 is 0. The van der Waals surface area contributed by atoms with E-state index in [1.165, 1.54) is 0 Å². The Labute approximate surface area is 103 Å². The molecule has 14 heavy (non-hydrogen) atoms. The summed E-state index contributed by atoms with van der Waals surface area (Å²) in [6.07, 6.45) is 0.734. The van der Waals surface area contributed by atoms with E-state index in [2.05, 4.69) is 0 Å². The van der Waals surface area contributed by atoms with Gasteiger partial charge in [-0.05, 0) is 12.5 Å². The summed E-state index contributed by atoms with van der Waals surface area (Å²) in [4.78, 5) is 0. The van der Waals surface area contributed by atoms with Crippen molar-refractivity contribution in [2.24, 2.45) is 5.73 Å². The van der Waals surface area contributed by atoms with Gasteiger partial charge in [0.2, 0.25) is 0 Å². The third-order valence-corrected chi connectivity index (χ3v) is 3.55. The van der Waals surface area contributed by atoms with Crippen LogP contribution in [0.25, 0.3) is 0 Å². The summed E-state index contributed by atoms with van der Waals surface area (Å²) in [5.41, 5.74) is 6.50. The zero-order chi connectivity index (χ0) is 10.9. The number of hydrogen-bond acceptors (Lipinski definition) is 1. The van der Waals surface area contributed by atoms with Crippen LogP contribution >= 0.6 is 46.4 Å². The van der Waals surface area contributed by atoms with Gasteiger partial charge in [-0.15, -0.1) is 0 Å². The summed E-state index contributed by atoms with van der Waals surface area (Å²) in [5, 5.41) is 1.45. The standard InChI is InChI=1S/C9H9Cl4N/c1-2-6(14)7-4(10)3-5(11)8(12)9(7)13/h3,6H,2,14H2,1H3/t6-/m0/s1. The van der Waals surface area contributed by atoms with Gasteiger partial charge < -0.3 is 5.73 Å². The van der Waals surface area contributed by atoms with Gasteiger partial charge in [-0.1, -0.05) is 53.3 Å². The number of nitrogens with two attached hydrogens (primary N) is 1. The fraction of sp³-hybridized carbons (Fsp3) is 0.333. The predicted molar refractivity (Wildman–Crippen MR) is 63.7 cm³/mol. The molecular weight excluding hydrogens is 264 g/mol. The minimum absolute atomic E-state index is 0.218. The fourth-order valence-corrected chi connectivity index (χ4v) is 2.32. The van der Waals surface area contributed by atoms with Crippen molar-refractivity contribution in [1.29, 1.82) is 0 Å². The summed E-state index contributed by atoms with van der Waals surface area (Å²) in [6, 6.07) is 1.34. The van der Waals surface area contributed by atoms with Gasteiger partial charge in [0.25, 0.3) is 0 Å². The second kappa shape index (κ2) is 4.91. The summed E-state index contributed by atoms with van der Waals surface area (Å²) in [5.74, 6) is 0. The van der Waals surface area contributed by atoms with E-state index in [1.54, 1.807) is 6.07 Å².